The molecule has 148 valence electrons. The van der Waals surface area contributed by atoms with Crippen LogP contribution in [0.25, 0.3) is 0 Å². The van der Waals surface area contributed by atoms with Crippen molar-refractivity contribution < 1.29 is 14.4 Å². The number of halogens is 1. The van der Waals surface area contributed by atoms with Crippen LogP contribution in [0.5, 0.6) is 0 Å². The highest BCUT2D eigenvalue weighted by Crippen LogP contribution is 2.23. The zero-order valence-corrected chi connectivity index (χ0v) is 16.4. The van der Waals surface area contributed by atoms with Crippen LogP contribution < -0.4 is 10.6 Å². The van der Waals surface area contributed by atoms with E-state index in [2.05, 4.69) is 10.6 Å². The van der Waals surface area contributed by atoms with Crippen molar-refractivity contribution >= 4 is 30.1 Å². The van der Waals surface area contributed by atoms with Crippen LogP contribution >= 0.6 is 12.4 Å². The number of rotatable bonds is 5. The lowest BCUT2D eigenvalue weighted by Gasteiger charge is -2.34. The van der Waals surface area contributed by atoms with Gasteiger partial charge >= 0.3 is 0 Å². The lowest BCUT2D eigenvalue weighted by atomic mass is 9.96. The Labute approximate surface area is 161 Å². The van der Waals surface area contributed by atoms with Gasteiger partial charge in [-0.25, -0.2) is 0 Å². The van der Waals surface area contributed by atoms with E-state index in [0.717, 1.165) is 38.8 Å². The first kappa shape index (κ1) is 21.0. The van der Waals surface area contributed by atoms with Gasteiger partial charge in [0.25, 0.3) is 0 Å². The highest BCUT2D eigenvalue weighted by Gasteiger charge is 2.37. The standard InChI is InChI=1S/C18H30N4O3.ClH/c1-2-21-12-14(9-16(21)23)18(25)22-8-4-5-13(11-22)10-20-17(24)15-6-3-7-19-15;/h13-15,19H,2-12H2,1H3,(H,20,24);1H. The molecular weight excluding hydrogens is 356 g/mol. The minimum Gasteiger partial charge on any atom is -0.354 e. The van der Waals surface area contributed by atoms with Gasteiger partial charge in [-0.1, -0.05) is 0 Å². The summed E-state index contributed by atoms with van der Waals surface area (Å²) in [6.45, 7) is 6.18. The van der Waals surface area contributed by atoms with Crippen LogP contribution in [0, 0.1) is 11.8 Å². The Morgan fingerprint density at radius 3 is 2.69 bits per heavy atom. The first-order valence-electron chi connectivity index (χ1n) is 9.66. The van der Waals surface area contributed by atoms with Crippen LogP contribution in [-0.4, -0.2) is 72.8 Å². The van der Waals surface area contributed by atoms with Crippen molar-refractivity contribution in [2.24, 2.45) is 11.8 Å². The van der Waals surface area contributed by atoms with Gasteiger partial charge in [-0.3, -0.25) is 14.4 Å². The Kier molecular flexibility index (Phi) is 7.70. The lowest BCUT2D eigenvalue weighted by Crippen LogP contribution is -2.48. The van der Waals surface area contributed by atoms with Crippen LogP contribution in [0.2, 0.25) is 0 Å². The summed E-state index contributed by atoms with van der Waals surface area (Å²) < 4.78 is 0. The molecule has 0 aliphatic carbocycles. The summed E-state index contributed by atoms with van der Waals surface area (Å²) in [4.78, 5) is 40.4. The fourth-order valence-corrected chi connectivity index (χ4v) is 4.21. The Morgan fingerprint density at radius 2 is 2.04 bits per heavy atom. The van der Waals surface area contributed by atoms with E-state index in [0.29, 0.717) is 38.5 Å². The quantitative estimate of drug-likeness (QED) is 0.715. The minimum absolute atomic E-state index is 0. The first-order chi connectivity index (χ1) is 12.1. The number of carbonyl (C=O) groups excluding carboxylic acids is 3. The fourth-order valence-electron chi connectivity index (χ4n) is 4.21. The molecule has 0 saturated carbocycles. The van der Waals surface area contributed by atoms with E-state index in [1.165, 1.54) is 0 Å². The summed E-state index contributed by atoms with van der Waals surface area (Å²) >= 11 is 0. The molecule has 3 rings (SSSR count). The predicted molar refractivity (Wildman–Crippen MR) is 101 cm³/mol. The molecular formula is C18H31ClN4O3. The number of likely N-dealkylation sites (tertiary alicyclic amines) is 2. The molecule has 3 aliphatic heterocycles. The second kappa shape index (κ2) is 9.55. The monoisotopic (exact) mass is 386 g/mol. The fraction of sp³-hybridized carbons (Fsp3) is 0.833. The highest BCUT2D eigenvalue weighted by atomic mass is 35.5. The summed E-state index contributed by atoms with van der Waals surface area (Å²) in [5.74, 6) is 0.398. The van der Waals surface area contributed by atoms with Gasteiger partial charge in [0.2, 0.25) is 17.7 Å². The van der Waals surface area contributed by atoms with E-state index in [-0.39, 0.29) is 42.1 Å². The molecule has 3 fully saturated rings. The van der Waals surface area contributed by atoms with Crippen LogP contribution in [0.3, 0.4) is 0 Å². The summed E-state index contributed by atoms with van der Waals surface area (Å²) in [7, 11) is 0. The number of nitrogens with one attached hydrogen (secondary N) is 2. The summed E-state index contributed by atoms with van der Waals surface area (Å²) in [6, 6.07) is -0.0501. The molecule has 8 heteroatoms. The number of piperidine rings is 1. The van der Waals surface area contributed by atoms with Crippen molar-refractivity contribution in [1.82, 2.24) is 20.4 Å². The average Bonchev–Trinajstić information content (AvgIpc) is 3.29. The van der Waals surface area contributed by atoms with Crippen molar-refractivity contribution in [3.8, 4) is 0 Å². The molecule has 0 bridgehead atoms. The molecule has 0 aromatic heterocycles. The normalized spacial score (nSPS) is 28.8. The maximum Gasteiger partial charge on any atom is 0.237 e. The molecule has 0 radical (unpaired) electrons. The van der Waals surface area contributed by atoms with E-state index < -0.39 is 0 Å². The molecule has 3 aliphatic rings. The van der Waals surface area contributed by atoms with E-state index in [1.807, 2.05) is 11.8 Å². The molecule has 2 N–H and O–H groups in total. The van der Waals surface area contributed by atoms with Crippen LogP contribution in [0.1, 0.15) is 39.0 Å². The van der Waals surface area contributed by atoms with Crippen LogP contribution in [0.4, 0.5) is 0 Å². The van der Waals surface area contributed by atoms with Crippen molar-refractivity contribution in [1.29, 1.82) is 0 Å². The molecule has 3 unspecified atom stereocenters. The maximum absolute atomic E-state index is 12.7. The zero-order chi connectivity index (χ0) is 17.8. The van der Waals surface area contributed by atoms with Gasteiger partial charge < -0.3 is 20.4 Å². The molecule has 3 amide bonds. The number of nitrogens with zero attached hydrogens (tertiary/aromatic N) is 2. The second-order valence-corrected chi connectivity index (χ2v) is 7.52. The van der Waals surface area contributed by atoms with Crippen molar-refractivity contribution in [3.63, 3.8) is 0 Å². The SMILES string of the molecule is CCN1CC(C(=O)N2CCCC(CNC(=O)C3CCCN3)C2)CC1=O.Cl. The molecule has 0 aromatic carbocycles. The Bertz CT molecular complexity index is 525. The van der Waals surface area contributed by atoms with Crippen LogP contribution in [-0.2, 0) is 14.4 Å². The smallest absolute Gasteiger partial charge is 0.237 e. The third-order valence-electron chi connectivity index (χ3n) is 5.72. The van der Waals surface area contributed by atoms with Crippen molar-refractivity contribution in [2.45, 2.75) is 45.1 Å². The van der Waals surface area contributed by atoms with Gasteiger partial charge in [-0.15, -0.1) is 12.4 Å². The minimum atomic E-state index is -0.191. The molecule has 26 heavy (non-hydrogen) atoms. The highest BCUT2D eigenvalue weighted by molar-refractivity contribution is 5.89. The topological polar surface area (TPSA) is 81.8 Å². The third kappa shape index (κ3) is 4.88. The summed E-state index contributed by atoms with van der Waals surface area (Å²) in [5, 5.41) is 6.25. The molecule has 3 atom stereocenters. The number of hydrogen-bond donors (Lipinski definition) is 2. The van der Waals surface area contributed by atoms with E-state index >= 15 is 0 Å². The Hall–Kier alpha value is -1.34. The van der Waals surface area contributed by atoms with Crippen molar-refractivity contribution in [2.75, 3.05) is 39.3 Å². The van der Waals surface area contributed by atoms with Crippen molar-refractivity contribution in [3.05, 3.63) is 0 Å². The Balaban J connectivity index is 0.00000243. The predicted octanol–water partition coefficient (Wildman–Crippen LogP) is 0.383. The number of hydrogen-bond acceptors (Lipinski definition) is 4. The van der Waals surface area contributed by atoms with Crippen LogP contribution in [0.15, 0.2) is 0 Å². The van der Waals surface area contributed by atoms with E-state index in [4.69, 9.17) is 0 Å². The molecule has 0 aromatic rings. The molecule has 0 spiro atoms. The zero-order valence-electron chi connectivity index (χ0n) is 15.5. The molecule has 3 heterocycles. The number of amides is 3. The number of carbonyl (C=O) groups is 3. The Morgan fingerprint density at radius 1 is 1.23 bits per heavy atom. The van der Waals surface area contributed by atoms with E-state index in [9.17, 15) is 14.4 Å². The van der Waals surface area contributed by atoms with Gasteiger partial charge in [0.15, 0.2) is 0 Å². The second-order valence-electron chi connectivity index (χ2n) is 7.52. The van der Waals surface area contributed by atoms with Gasteiger partial charge in [-0.2, -0.15) is 0 Å². The van der Waals surface area contributed by atoms with Gasteiger partial charge in [0.05, 0.1) is 12.0 Å². The van der Waals surface area contributed by atoms with Gasteiger partial charge in [0, 0.05) is 39.1 Å². The lowest BCUT2D eigenvalue weighted by molar-refractivity contribution is -0.137. The van der Waals surface area contributed by atoms with Gasteiger partial charge in [0.1, 0.15) is 0 Å². The molecule has 3 saturated heterocycles. The largest absolute Gasteiger partial charge is 0.354 e. The first-order valence-corrected chi connectivity index (χ1v) is 9.66. The third-order valence-corrected chi connectivity index (χ3v) is 5.72. The van der Waals surface area contributed by atoms with Gasteiger partial charge in [-0.05, 0) is 45.1 Å². The summed E-state index contributed by atoms with van der Waals surface area (Å²) in [5.41, 5.74) is 0. The average molecular weight is 387 g/mol. The summed E-state index contributed by atoms with van der Waals surface area (Å²) in [6.07, 6.45) is 4.31. The van der Waals surface area contributed by atoms with E-state index in [1.54, 1.807) is 4.90 Å². The molecule has 7 nitrogen and oxygen atoms in total. The maximum atomic E-state index is 12.7.